The summed E-state index contributed by atoms with van der Waals surface area (Å²) < 4.78 is 0. The molecular weight excluding hydrogens is 88.1 g/mol. The van der Waals surface area contributed by atoms with Gasteiger partial charge in [0.25, 0.3) is 0 Å². The van der Waals surface area contributed by atoms with Crippen molar-refractivity contribution in [1.29, 1.82) is 0 Å². The molecule has 1 aliphatic carbocycles. The first-order valence-electron chi connectivity index (χ1n) is 2.18. The normalized spacial score (nSPS) is 21.5. The Kier molecular flexibility index (Phi) is 1.04. The molecule has 1 aliphatic rings. The predicted molar refractivity (Wildman–Crippen MR) is 26.3 cm³/mol. The lowest BCUT2D eigenvalue weighted by atomic mass is 10.4. The van der Waals surface area contributed by atoms with Crippen LogP contribution < -0.4 is 0 Å². The van der Waals surface area contributed by atoms with Gasteiger partial charge < -0.3 is 0 Å². The van der Waals surface area contributed by atoms with Crippen molar-refractivity contribution in [2.75, 3.05) is 0 Å². The highest BCUT2D eigenvalue weighted by atomic mass is 28.1. The van der Waals surface area contributed by atoms with Crippen molar-refractivity contribution in [2.45, 2.75) is 12.8 Å². The monoisotopic (exact) mass is 94.0 g/mol. The maximum atomic E-state index is 3.20. The van der Waals surface area contributed by atoms with E-state index in [9.17, 15) is 0 Å². The Morgan fingerprint density at radius 2 is 2.33 bits per heavy atom. The van der Waals surface area contributed by atoms with Crippen LogP contribution in [0.5, 0.6) is 0 Å². The molecule has 0 amide bonds. The van der Waals surface area contributed by atoms with E-state index in [-0.39, 0.29) is 0 Å². The van der Waals surface area contributed by atoms with Gasteiger partial charge in [0.1, 0.15) is 15.9 Å². The third kappa shape index (κ3) is 0.923. The summed E-state index contributed by atoms with van der Waals surface area (Å²) in [4.78, 5) is 0. The molecule has 3 radical (unpaired) electrons. The van der Waals surface area contributed by atoms with Gasteiger partial charge in [0.15, 0.2) is 5.92 Å². The number of allylic oxidation sites excluding steroid dienone is 1. The highest BCUT2D eigenvalue weighted by Crippen LogP contribution is 2.28. The van der Waals surface area contributed by atoms with Crippen LogP contribution in [0.2, 0.25) is 0 Å². The Morgan fingerprint density at radius 3 is 2.50 bits per heavy atom. The van der Waals surface area contributed by atoms with Gasteiger partial charge >= 0.3 is 0 Å². The van der Waals surface area contributed by atoms with Gasteiger partial charge in [-0.25, -0.2) is 0 Å². The van der Waals surface area contributed by atoms with Crippen LogP contribution in [0.25, 0.3) is 0 Å². The van der Waals surface area contributed by atoms with Crippen LogP contribution in [-0.4, -0.2) is 10.2 Å². The minimum atomic E-state index is 0.794. The summed E-state index contributed by atoms with van der Waals surface area (Å²) in [5.74, 6) is 0.794. The Bertz CT molecular complexity index is 62.3. The lowest BCUT2D eigenvalue weighted by Gasteiger charge is -1.48. The molecule has 0 unspecified atom stereocenters. The van der Waals surface area contributed by atoms with Crippen molar-refractivity contribution in [1.82, 2.24) is 0 Å². The van der Waals surface area contributed by atoms with E-state index >= 15 is 0 Å². The lowest BCUT2D eigenvalue weighted by molar-refractivity contribution is 1.09. The van der Waals surface area contributed by atoms with E-state index < -0.39 is 0 Å². The second-order valence-electron chi connectivity index (χ2n) is 1.59. The van der Waals surface area contributed by atoms with Crippen molar-refractivity contribution in [3.8, 4) is 0 Å². The summed E-state index contributed by atoms with van der Waals surface area (Å²) in [5, 5.41) is 0. The molecule has 0 bridgehead atoms. The molecule has 0 nitrogen and oxygen atoms in total. The minimum Gasteiger partial charge on any atom is 0.00538 e. The Balaban J connectivity index is 2.15. The molecule has 0 aromatic rings. The Labute approximate surface area is 41.7 Å². The van der Waals surface area contributed by atoms with Crippen LogP contribution in [0.3, 0.4) is 0 Å². The average Bonchev–Trinajstić information content (AvgIpc) is 2.21. The number of hydrogen-bond donors (Lipinski definition) is 0. The highest BCUT2D eigenvalue weighted by molar-refractivity contribution is 6.16. The van der Waals surface area contributed by atoms with Gasteiger partial charge in [-0.1, -0.05) is 0 Å². The van der Waals surface area contributed by atoms with Gasteiger partial charge in [0, 0.05) is 12.8 Å². The van der Waals surface area contributed by atoms with Gasteiger partial charge in [0.2, 0.25) is 6.08 Å². The highest BCUT2D eigenvalue weighted by Gasteiger charge is 2.29. The first kappa shape index (κ1) is 4.04. The third-order valence-electron chi connectivity index (χ3n) is 0.896. The van der Waals surface area contributed by atoms with E-state index in [1.54, 1.807) is 0 Å². The predicted octanol–water partition coefficient (Wildman–Crippen LogP) is 0.882. The fraction of sp³-hybridized carbons (Fsp3) is 0.600. The molecule has 0 atom stereocenters. The van der Waals surface area contributed by atoms with Crippen LogP contribution in [0.4, 0.5) is 0 Å². The van der Waals surface area contributed by atoms with Crippen LogP contribution >= 0.6 is 0 Å². The van der Waals surface area contributed by atoms with Crippen molar-refractivity contribution >= 4 is 10.2 Å². The third-order valence-corrected chi connectivity index (χ3v) is 1.06. The van der Waals surface area contributed by atoms with Crippen LogP contribution in [-0.2, 0) is 0 Å². The molecule has 0 aliphatic heterocycles. The fourth-order valence-corrected chi connectivity index (χ4v) is 0.604. The molecular formula is C5H6Si+. The molecule has 1 rings (SSSR count). The molecule has 0 N–H and O–H groups in total. The molecule has 29 valence electrons. The zero-order valence-electron chi connectivity index (χ0n) is 3.57. The summed E-state index contributed by atoms with van der Waals surface area (Å²) in [6.07, 6.45) is 5.80. The second-order valence-corrected chi connectivity index (χ2v) is 1.87. The lowest BCUT2D eigenvalue weighted by Crippen LogP contribution is -1.60. The van der Waals surface area contributed by atoms with Gasteiger partial charge in [-0.2, -0.15) is 0 Å². The summed E-state index contributed by atoms with van der Waals surface area (Å²) in [5.41, 5.74) is 1.82. The van der Waals surface area contributed by atoms with E-state index in [1.807, 2.05) is 5.70 Å². The van der Waals surface area contributed by atoms with E-state index in [1.165, 1.54) is 12.8 Å². The molecule has 1 fully saturated rings. The van der Waals surface area contributed by atoms with E-state index in [0.29, 0.717) is 0 Å². The molecule has 0 saturated heterocycles. The van der Waals surface area contributed by atoms with Gasteiger partial charge in [-0.05, 0) is 0 Å². The molecule has 0 heterocycles. The van der Waals surface area contributed by atoms with Crippen molar-refractivity contribution in [3.05, 3.63) is 11.8 Å². The first-order chi connectivity index (χ1) is 2.93. The smallest absolute Gasteiger partial charge is 0.00538 e. The van der Waals surface area contributed by atoms with Gasteiger partial charge in [-0.15, -0.1) is 0 Å². The summed E-state index contributed by atoms with van der Waals surface area (Å²) in [6, 6.07) is 0. The topological polar surface area (TPSA) is 0 Å². The molecule has 1 heteroatoms. The zero-order chi connectivity index (χ0) is 4.41. The van der Waals surface area contributed by atoms with Crippen molar-refractivity contribution in [2.24, 2.45) is 5.92 Å². The zero-order valence-corrected chi connectivity index (χ0v) is 4.57. The summed E-state index contributed by atoms with van der Waals surface area (Å²) in [6.45, 7) is 0. The Morgan fingerprint density at radius 1 is 1.67 bits per heavy atom. The molecule has 1 saturated carbocycles. The first-order valence-corrected chi connectivity index (χ1v) is 2.76. The molecule has 0 spiro atoms. The maximum absolute atomic E-state index is 3.20. The SMILES string of the molecule is [Si]C=[C+]C1CC1. The van der Waals surface area contributed by atoms with Gasteiger partial charge in [-0.3, -0.25) is 0 Å². The molecule has 0 aromatic heterocycles. The number of rotatable bonds is 1. The van der Waals surface area contributed by atoms with E-state index in [2.05, 4.69) is 16.3 Å². The van der Waals surface area contributed by atoms with Crippen LogP contribution in [0, 0.1) is 12.0 Å². The van der Waals surface area contributed by atoms with E-state index in [0.717, 1.165) is 5.92 Å². The molecule has 0 aromatic carbocycles. The Hall–Kier alpha value is -0.133. The van der Waals surface area contributed by atoms with Gasteiger partial charge in [0.05, 0.1) is 0 Å². The standard InChI is InChI=1S/C5H6Si/c6-4-3-5-1-2-5/h4-5H,1-2H2/q+1. The molecule has 6 heavy (non-hydrogen) atoms. The fourth-order valence-electron chi connectivity index (χ4n) is 0.368. The maximum Gasteiger partial charge on any atom is 0.214 e. The number of hydrogen-bond acceptors (Lipinski definition) is 0. The van der Waals surface area contributed by atoms with Crippen molar-refractivity contribution in [3.63, 3.8) is 0 Å². The summed E-state index contributed by atoms with van der Waals surface area (Å²) in [7, 11) is 3.20. The van der Waals surface area contributed by atoms with Crippen LogP contribution in [0.15, 0.2) is 5.70 Å². The van der Waals surface area contributed by atoms with Crippen molar-refractivity contribution < 1.29 is 0 Å². The summed E-state index contributed by atoms with van der Waals surface area (Å²) >= 11 is 0. The average molecular weight is 94.2 g/mol. The second kappa shape index (κ2) is 1.54. The quantitative estimate of drug-likeness (QED) is 0.334. The van der Waals surface area contributed by atoms with E-state index in [4.69, 9.17) is 0 Å². The van der Waals surface area contributed by atoms with Crippen LogP contribution in [0.1, 0.15) is 12.8 Å². The largest absolute Gasteiger partial charge is 0.214 e. The minimum absolute atomic E-state index is 0.794.